The zero-order valence-electron chi connectivity index (χ0n) is 13.1. The van der Waals surface area contributed by atoms with Crippen LogP contribution in [0.4, 0.5) is 0 Å². The van der Waals surface area contributed by atoms with Crippen molar-refractivity contribution < 1.29 is 14.3 Å². The minimum atomic E-state index is -0.186. The Morgan fingerprint density at radius 2 is 2.17 bits per heavy atom. The molecule has 1 amide bonds. The van der Waals surface area contributed by atoms with Gasteiger partial charge in [-0.2, -0.15) is 0 Å². The molecule has 1 saturated carbocycles. The van der Waals surface area contributed by atoms with E-state index in [0.717, 1.165) is 43.0 Å². The van der Waals surface area contributed by atoms with Crippen molar-refractivity contribution >= 4 is 18.3 Å². The van der Waals surface area contributed by atoms with Gasteiger partial charge in [0.15, 0.2) is 11.5 Å². The fraction of sp³-hybridized carbons (Fsp3) is 0.588. The molecule has 2 fully saturated rings. The van der Waals surface area contributed by atoms with E-state index >= 15 is 0 Å². The maximum absolute atomic E-state index is 12.8. The van der Waals surface area contributed by atoms with Crippen molar-refractivity contribution in [2.75, 3.05) is 19.9 Å². The molecule has 0 bridgehead atoms. The fourth-order valence-electron chi connectivity index (χ4n) is 4.10. The maximum atomic E-state index is 12.8. The van der Waals surface area contributed by atoms with Crippen LogP contribution in [-0.4, -0.2) is 25.8 Å². The van der Waals surface area contributed by atoms with Gasteiger partial charge < -0.3 is 20.1 Å². The number of hydrogen-bond acceptors (Lipinski definition) is 4. The van der Waals surface area contributed by atoms with Gasteiger partial charge in [-0.05, 0) is 43.0 Å². The lowest BCUT2D eigenvalue weighted by Crippen LogP contribution is -2.47. The first-order valence-electron chi connectivity index (χ1n) is 8.15. The molecule has 2 aliphatic heterocycles. The first-order chi connectivity index (χ1) is 10.8. The van der Waals surface area contributed by atoms with Gasteiger partial charge in [-0.3, -0.25) is 4.79 Å². The zero-order chi connectivity index (χ0) is 15.0. The summed E-state index contributed by atoms with van der Waals surface area (Å²) in [4.78, 5) is 12.8. The first kappa shape index (κ1) is 16.4. The SMILES string of the molecule is Cl.O=C(NCc1ccc2c(c1)OCO2)[C@@]12CCCC[C@H]1CNC2. The molecule has 5 nitrogen and oxygen atoms in total. The van der Waals surface area contributed by atoms with Crippen molar-refractivity contribution in [2.45, 2.75) is 32.2 Å². The Kier molecular flexibility index (Phi) is 4.69. The highest BCUT2D eigenvalue weighted by Crippen LogP contribution is 2.44. The summed E-state index contributed by atoms with van der Waals surface area (Å²) in [7, 11) is 0. The van der Waals surface area contributed by atoms with Crippen LogP contribution in [0.2, 0.25) is 0 Å². The van der Waals surface area contributed by atoms with Crippen LogP contribution in [0.3, 0.4) is 0 Å². The highest BCUT2D eigenvalue weighted by atomic mass is 35.5. The number of amides is 1. The molecule has 4 rings (SSSR count). The molecule has 1 saturated heterocycles. The van der Waals surface area contributed by atoms with Gasteiger partial charge >= 0.3 is 0 Å². The molecular formula is C17H23ClN2O3. The molecule has 126 valence electrons. The van der Waals surface area contributed by atoms with Gasteiger partial charge in [-0.1, -0.05) is 18.9 Å². The number of ether oxygens (including phenoxy) is 2. The second kappa shape index (κ2) is 6.57. The summed E-state index contributed by atoms with van der Waals surface area (Å²) in [6, 6.07) is 5.84. The predicted molar refractivity (Wildman–Crippen MR) is 88.9 cm³/mol. The van der Waals surface area contributed by atoms with Gasteiger partial charge in [0.1, 0.15) is 0 Å². The van der Waals surface area contributed by atoms with E-state index < -0.39 is 0 Å². The van der Waals surface area contributed by atoms with E-state index in [1.165, 1.54) is 12.8 Å². The minimum absolute atomic E-state index is 0. The van der Waals surface area contributed by atoms with E-state index in [1.54, 1.807) is 0 Å². The Morgan fingerprint density at radius 3 is 3.09 bits per heavy atom. The van der Waals surface area contributed by atoms with Gasteiger partial charge in [-0.15, -0.1) is 12.4 Å². The van der Waals surface area contributed by atoms with E-state index in [1.807, 2.05) is 18.2 Å². The van der Waals surface area contributed by atoms with Crippen LogP contribution in [0.5, 0.6) is 11.5 Å². The third-order valence-corrected chi connectivity index (χ3v) is 5.38. The van der Waals surface area contributed by atoms with Crippen molar-refractivity contribution in [1.82, 2.24) is 10.6 Å². The lowest BCUT2D eigenvalue weighted by Gasteiger charge is -2.37. The molecule has 0 radical (unpaired) electrons. The van der Waals surface area contributed by atoms with Crippen LogP contribution in [0.1, 0.15) is 31.2 Å². The fourth-order valence-corrected chi connectivity index (χ4v) is 4.10. The van der Waals surface area contributed by atoms with Crippen LogP contribution < -0.4 is 20.1 Å². The Morgan fingerprint density at radius 1 is 1.30 bits per heavy atom. The third kappa shape index (κ3) is 2.88. The third-order valence-electron chi connectivity index (χ3n) is 5.38. The highest BCUT2D eigenvalue weighted by Gasteiger charge is 2.49. The average molecular weight is 339 g/mol. The van der Waals surface area contributed by atoms with E-state index in [4.69, 9.17) is 9.47 Å². The summed E-state index contributed by atoms with van der Waals surface area (Å²) in [5.41, 5.74) is 0.863. The number of hydrogen-bond donors (Lipinski definition) is 2. The molecule has 1 aromatic rings. The molecule has 2 N–H and O–H groups in total. The molecule has 0 spiro atoms. The summed E-state index contributed by atoms with van der Waals surface area (Å²) >= 11 is 0. The van der Waals surface area contributed by atoms with Crippen molar-refractivity contribution in [3.05, 3.63) is 23.8 Å². The predicted octanol–water partition coefficient (Wildman–Crippen LogP) is 2.23. The smallest absolute Gasteiger partial charge is 0.231 e. The largest absolute Gasteiger partial charge is 0.454 e. The monoisotopic (exact) mass is 338 g/mol. The van der Waals surface area contributed by atoms with E-state index in [9.17, 15) is 4.79 Å². The number of carbonyl (C=O) groups is 1. The molecule has 0 aromatic heterocycles. The van der Waals surface area contributed by atoms with Crippen molar-refractivity contribution in [2.24, 2.45) is 11.3 Å². The van der Waals surface area contributed by atoms with E-state index in [2.05, 4.69) is 10.6 Å². The van der Waals surface area contributed by atoms with Crippen molar-refractivity contribution in [3.8, 4) is 11.5 Å². The number of carbonyl (C=O) groups excluding carboxylic acids is 1. The summed E-state index contributed by atoms with van der Waals surface area (Å²) < 4.78 is 10.7. The lowest BCUT2D eigenvalue weighted by atomic mass is 9.67. The summed E-state index contributed by atoms with van der Waals surface area (Å²) in [5, 5.41) is 6.57. The molecule has 1 aliphatic carbocycles. The molecular weight excluding hydrogens is 316 g/mol. The average Bonchev–Trinajstić information content (AvgIpc) is 3.18. The van der Waals surface area contributed by atoms with Crippen molar-refractivity contribution in [1.29, 1.82) is 0 Å². The Labute approximate surface area is 142 Å². The molecule has 2 atom stereocenters. The summed E-state index contributed by atoms with van der Waals surface area (Å²) in [6.07, 6.45) is 4.60. The molecule has 3 aliphatic rings. The quantitative estimate of drug-likeness (QED) is 0.887. The van der Waals surface area contributed by atoms with Crippen LogP contribution >= 0.6 is 12.4 Å². The van der Waals surface area contributed by atoms with Crippen LogP contribution in [-0.2, 0) is 11.3 Å². The molecule has 6 heteroatoms. The molecule has 0 unspecified atom stereocenters. The van der Waals surface area contributed by atoms with Gasteiger partial charge in [-0.25, -0.2) is 0 Å². The molecule has 1 aromatic carbocycles. The Bertz CT molecular complexity index is 595. The number of fused-ring (bicyclic) bond motifs is 2. The normalized spacial score (nSPS) is 27.9. The number of rotatable bonds is 3. The second-order valence-corrected chi connectivity index (χ2v) is 6.60. The van der Waals surface area contributed by atoms with Crippen LogP contribution in [0.25, 0.3) is 0 Å². The Balaban J connectivity index is 0.00000156. The van der Waals surface area contributed by atoms with Gasteiger partial charge in [0.25, 0.3) is 0 Å². The lowest BCUT2D eigenvalue weighted by molar-refractivity contribution is -0.134. The molecule has 2 heterocycles. The Hall–Kier alpha value is -1.46. The van der Waals surface area contributed by atoms with Gasteiger partial charge in [0, 0.05) is 13.1 Å². The summed E-state index contributed by atoms with van der Waals surface area (Å²) in [5.74, 6) is 2.25. The number of halogens is 1. The van der Waals surface area contributed by atoms with Gasteiger partial charge in [0.05, 0.1) is 5.41 Å². The van der Waals surface area contributed by atoms with Crippen LogP contribution in [0, 0.1) is 11.3 Å². The van der Waals surface area contributed by atoms with E-state index in [-0.39, 0.29) is 30.5 Å². The number of nitrogens with one attached hydrogen (secondary N) is 2. The highest BCUT2D eigenvalue weighted by molar-refractivity contribution is 5.85. The first-order valence-corrected chi connectivity index (χ1v) is 8.15. The number of benzene rings is 1. The van der Waals surface area contributed by atoms with Crippen LogP contribution in [0.15, 0.2) is 18.2 Å². The minimum Gasteiger partial charge on any atom is -0.454 e. The topological polar surface area (TPSA) is 59.6 Å². The molecule has 23 heavy (non-hydrogen) atoms. The van der Waals surface area contributed by atoms with Crippen molar-refractivity contribution in [3.63, 3.8) is 0 Å². The van der Waals surface area contributed by atoms with E-state index in [0.29, 0.717) is 12.5 Å². The summed E-state index contributed by atoms with van der Waals surface area (Å²) in [6.45, 7) is 2.63. The van der Waals surface area contributed by atoms with Gasteiger partial charge in [0.2, 0.25) is 12.7 Å². The maximum Gasteiger partial charge on any atom is 0.231 e. The zero-order valence-corrected chi connectivity index (χ0v) is 13.9. The second-order valence-electron chi connectivity index (χ2n) is 6.60. The standard InChI is InChI=1S/C17H22N2O3.ClH/c20-16(17-6-2-1-3-13(17)9-18-10-17)19-8-12-4-5-14-15(7-12)22-11-21-14;/h4-5,7,13,18H,1-3,6,8-11H2,(H,19,20);1H/t13-,17+;/m0./s1.